The van der Waals surface area contributed by atoms with Gasteiger partial charge in [-0.1, -0.05) is 15.9 Å². The SMILES string of the molecule is COC(=O)C(Br)C(=O)c1ccc(Br)cn1. The Morgan fingerprint density at radius 1 is 1.47 bits per heavy atom. The molecule has 0 radical (unpaired) electrons. The molecule has 0 spiro atoms. The van der Waals surface area contributed by atoms with Crippen LogP contribution in [0.25, 0.3) is 0 Å². The number of hydrogen-bond acceptors (Lipinski definition) is 4. The van der Waals surface area contributed by atoms with Crippen molar-refractivity contribution < 1.29 is 14.3 Å². The summed E-state index contributed by atoms with van der Waals surface area (Å²) in [5, 5.41) is 0. The molecule has 0 saturated carbocycles. The van der Waals surface area contributed by atoms with Gasteiger partial charge in [0.05, 0.1) is 7.11 Å². The minimum absolute atomic E-state index is 0.213. The van der Waals surface area contributed by atoms with E-state index in [0.717, 1.165) is 4.47 Å². The molecule has 1 unspecified atom stereocenters. The highest BCUT2D eigenvalue weighted by molar-refractivity contribution is 9.10. The highest BCUT2D eigenvalue weighted by atomic mass is 79.9. The Balaban J connectivity index is 2.85. The molecule has 80 valence electrons. The van der Waals surface area contributed by atoms with E-state index in [-0.39, 0.29) is 5.69 Å². The number of hydrogen-bond donors (Lipinski definition) is 0. The monoisotopic (exact) mass is 335 g/mol. The quantitative estimate of drug-likeness (QED) is 0.366. The third-order valence-corrected chi connectivity index (χ3v) is 2.88. The largest absolute Gasteiger partial charge is 0.468 e. The lowest BCUT2D eigenvalue weighted by atomic mass is 10.2. The Kier molecular flexibility index (Phi) is 4.41. The third kappa shape index (κ3) is 3.10. The van der Waals surface area contributed by atoms with Gasteiger partial charge >= 0.3 is 5.97 Å². The molecule has 0 bridgehead atoms. The Morgan fingerprint density at radius 3 is 2.60 bits per heavy atom. The molecular formula is C9H7Br2NO3. The summed E-state index contributed by atoms with van der Waals surface area (Å²) < 4.78 is 5.20. The highest BCUT2D eigenvalue weighted by Crippen LogP contribution is 2.12. The van der Waals surface area contributed by atoms with E-state index in [0.29, 0.717) is 0 Å². The van der Waals surface area contributed by atoms with Crippen LogP contribution in [0.5, 0.6) is 0 Å². The second kappa shape index (κ2) is 5.37. The number of pyridine rings is 1. The summed E-state index contributed by atoms with van der Waals surface area (Å²) in [5.74, 6) is -1.06. The first-order valence-electron chi connectivity index (χ1n) is 3.94. The molecule has 1 heterocycles. The van der Waals surface area contributed by atoms with Gasteiger partial charge in [-0.15, -0.1) is 0 Å². The zero-order valence-electron chi connectivity index (χ0n) is 7.74. The molecule has 0 amide bonds. The zero-order valence-corrected chi connectivity index (χ0v) is 10.9. The molecule has 4 nitrogen and oxygen atoms in total. The topological polar surface area (TPSA) is 56.3 Å². The Bertz CT molecular complexity index is 377. The molecule has 0 saturated heterocycles. The van der Waals surface area contributed by atoms with Crippen LogP contribution in [0, 0.1) is 0 Å². The Morgan fingerprint density at radius 2 is 2.13 bits per heavy atom. The lowest BCUT2D eigenvalue weighted by Crippen LogP contribution is -2.26. The molecule has 1 aromatic rings. The van der Waals surface area contributed by atoms with Crippen LogP contribution < -0.4 is 0 Å². The molecule has 0 N–H and O–H groups in total. The number of methoxy groups -OCH3 is 1. The van der Waals surface area contributed by atoms with Gasteiger partial charge in [-0.25, -0.2) is 0 Å². The van der Waals surface area contributed by atoms with Crippen molar-refractivity contribution in [3.63, 3.8) is 0 Å². The number of nitrogens with zero attached hydrogens (tertiary/aromatic N) is 1. The van der Waals surface area contributed by atoms with Crippen LogP contribution in [0.15, 0.2) is 22.8 Å². The van der Waals surface area contributed by atoms with Gasteiger partial charge in [0.25, 0.3) is 0 Å². The van der Waals surface area contributed by atoms with Crippen molar-refractivity contribution in [2.45, 2.75) is 4.83 Å². The van der Waals surface area contributed by atoms with Crippen LogP contribution in [0.1, 0.15) is 10.5 Å². The summed E-state index contributed by atoms with van der Waals surface area (Å²) in [5.41, 5.74) is 0.213. The summed E-state index contributed by atoms with van der Waals surface area (Å²) >= 11 is 6.15. The lowest BCUT2D eigenvalue weighted by Gasteiger charge is -2.05. The molecule has 1 atom stereocenters. The van der Waals surface area contributed by atoms with Gasteiger partial charge in [0.1, 0.15) is 5.69 Å². The molecular weight excluding hydrogens is 330 g/mol. The van der Waals surface area contributed by atoms with Gasteiger partial charge in [-0.2, -0.15) is 0 Å². The first kappa shape index (κ1) is 12.3. The van der Waals surface area contributed by atoms with E-state index >= 15 is 0 Å². The highest BCUT2D eigenvalue weighted by Gasteiger charge is 2.26. The molecule has 0 aliphatic carbocycles. The number of halogens is 2. The summed E-state index contributed by atoms with van der Waals surface area (Å²) in [6.45, 7) is 0. The molecule has 0 aliphatic heterocycles. The van der Waals surface area contributed by atoms with Gasteiger partial charge in [0.2, 0.25) is 5.78 Å². The van der Waals surface area contributed by atoms with E-state index in [2.05, 4.69) is 41.6 Å². The second-order valence-electron chi connectivity index (χ2n) is 2.61. The van der Waals surface area contributed by atoms with Crippen LogP contribution in [-0.4, -0.2) is 28.7 Å². The smallest absolute Gasteiger partial charge is 0.327 e. The van der Waals surface area contributed by atoms with Crippen molar-refractivity contribution in [3.8, 4) is 0 Å². The van der Waals surface area contributed by atoms with Crippen molar-refractivity contribution in [2.75, 3.05) is 7.11 Å². The van der Waals surface area contributed by atoms with E-state index in [1.165, 1.54) is 19.4 Å². The van der Waals surface area contributed by atoms with E-state index in [1.54, 1.807) is 6.07 Å². The molecule has 15 heavy (non-hydrogen) atoms. The number of ketones is 1. The second-order valence-corrected chi connectivity index (χ2v) is 4.44. The fourth-order valence-electron chi connectivity index (χ4n) is 0.862. The van der Waals surface area contributed by atoms with Crippen molar-refractivity contribution >= 4 is 43.6 Å². The summed E-state index contributed by atoms with van der Waals surface area (Å²) in [7, 11) is 1.22. The number of ether oxygens (including phenoxy) is 1. The fourth-order valence-corrected chi connectivity index (χ4v) is 1.52. The number of aromatic nitrogens is 1. The van der Waals surface area contributed by atoms with Crippen LogP contribution >= 0.6 is 31.9 Å². The standard InChI is InChI=1S/C9H7Br2NO3/c1-15-9(14)7(11)8(13)6-3-2-5(10)4-12-6/h2-4,7H,1H3. The summed E-state index contributed by atoms with van der Waals surface area (Å²) in [6, 6.07) is 3.21. The van der Waals surface area contributed by atoms with Crippen molar-refractivity contribution in [1.82, 2.24) is 4.98 Å². The number of rotatable bonds is 3. The Labute approximate surface area is 103 Å². The first-order valence-corrected chi connectivity index (χ1v) is 5.65. The van der Waals surface area contributed by atoms with E-state index in [4.69, 9.17) is 0 Å². The minimum Gasteiger partial charge on any atom is -0.468 e. The lowest BCUT2D eigenvalue weighted by molar-refractivity contribution is -0.138. The maximum absolute atomic E-state index is 11.6. The maximum Gasteiger partial charge on any atom is 0.327 e. The van der Waals surface area contributed by atoms with Gasteiger partial charge in [-0.3, -0.25) is 14.6 Å². The minimum atomic E-state index is -1.00. The fraction of sp³-hybridized carbons (Fsp3) is 0.222. The average molecular weight is 337 g/mol. The number of Topliss-reactive ketones (excluding diaryl/α,β-unsaturated/α-hetero) is 1. The normalized spacial score (nSPS) is 11.9. The van der Waals surface area contributed by atoms with Crippen LogP contribution in [-0.2, 0) is 9.53 Å². The molecule has 6 heteroatoms. The molecule has 1 aromatic heterocycles. The zero-order chi connectivity index (χ0) is 11.4. The molecule has 0 aromatic carbocycles. The van der Waals surface area contributed by atoms with E-state index in [1.807, 2.05) is 0 Å². The van der Waals surface area contributed by atoms with Crippen molar-refractivity contribution in [1.29, 1.82) is 0 Å². The van der Waals surface area contributed by atoms with Gasteiger partial charge in [0.15, 0.2) is 4.83 Å². The Hall–Kier alpha value is -0.750. The van der Waals surface area contributed by atoms with Gasteiger partial charge in [0, 0.05) is 10.7 Å². The van der Waals surface area contributed by atoms with Crippen LogP contribution in [0.3, 0.4) is 0 Å². The van der Waals surface area contributed by atoms with Crippen molar-refractivity contribution in [2.24, 2.45) is 0 Å². The van der Waals surface area contributed by atoms with Crippen molar-refractivity contribution in [3.05, 3.63) is 28.5 Å². The number of carbonyl (C=O) groups is 2. The number of alkyl halides is 1. The molecule has 0 fully saturated rings. The number of carbonyl (C=O) groups excluding carboxylic acids is 2. The third-order valence-electron chi connectivity index (χ3n) is 1.62. The molecule has 0 aliphatic rings. The van der Waals surface area contributed by atoms with Gasteiger partial charge in [-0.05, 0) is 28.1 Å². The van der Waals surface area contributed by atoms with E-state index in [9.17, 15) is 9.59 Å². The maximum atomic E-state index is 11.6. The molecule has 1 rings (SSSR count). The van der Waals surface area contributed by atoms with Gasteiger partial charge < -0.3 is 4.74 Å². The predicted molar refractivity (Wildman–Crippen MR) is 61.0 cm³/mol. The van der Waals surface area contributed by atoms with Crippen LogP contribution in [0.2, 0.25) is 0 Å². The summed E-state index contributed by atoms with van der Waals surface area (Å²) in [6.07, 6.45) is 1.49. The average Bonchev–Trinajstić information content (AvgIpc) is 2.27. The van der Waals surface area contributed by atoms with E-state index < -0.39 is 16.6 Å². The van der Waals surface area contributed by atoms with Crippen LogP contribution in [0.4, 0.5) is 0 Å². The predicted octanol–water partition coefficient (Wildman–Crippen LogP) is 1.96. The number of esters is 1. The first-order chi connectivity index (χ1) is 7.06. The summed E-state index contributed by atoms with van der Waals surface area (Å²) in [4.78, 5) is 25.6.